The van der Waals surface area contributed by atoms with Gasteiger partial charge >= 0.3 is 16.5 Å². The molecule has 1 unspecified atom stereocenters. The first-order valence-electron chi connectivity index (χ1n) is 2.52. The maximum Gasteiger partial charge on any atom is 0.423 e. The number of nitriles is 1. The van der Waals surface area contributed by atoms with Gasteiger partial charge in [-0.15, -0.1) is 4.91 Å². The molecule has 0 aliphatic rings. The molecule has 0 aromatic carbocycles. The molecule has 12 heteroatoms. The second-order valence-corrected chi connectivity index (χ2v) is 3.88. The Hall–Kier alpha value is -0.960. The smallest absolute Gasteiger partial charge is 0.233 e. The molecule has 0 saturated carbocycles. The number of nitrogens with zero attached hydrogens (tertiary/aromatic N) is 5. The van der Waals surface area contributed by atoms with Crippen LogP contribution in [0.15, 0.2) is 10.3 Å². The van der Waals surface area contributed by atoms with Crippen LogP contribution in [0.2, 0.25) is 0 Å². The van der Waals surface area contributed by atoms with Gasteiger partial charge in [-0.25, -0.2) is 10.1 Å². The van der Waals surface area contributed by atoms with E-state index >= 15 is 0 Å². The zero-order valence-electron chi connectivity index (χ0n) is 6.03. The molecule has 76 valence electrons. The Labute approximate surface area is 93.0 Å². The molecular formula is C2BrClN5O4S+. The minimum absolute atomic E-state index is 0.326. The predicted molar refractivity (Wildman–Crippen MR) is 50.9 cm³/mol. The second kappa shape index (κ2) is 6.49. The fraction of sp³-hybridized carbons (Fsp3) is 0. The highest BCUT2D eigenvalue weighted by molar-refractivity contribution is 9.07. The van der Waals surface area contributed by atoms with E-state index in [1.807, 2.05) is 0 Å². The van der Waals surface area contributed by atoms with Crippen molar-refractivity contribution in [1.29, 1.82) is 5.26 Å². The van der Waals surface area contributed by atoms with Gasteiger partial charge in [0.05, 0.1) is 0 Å². The number of nitroso groups, excluding NO2 is 1. The summed E-state index contributed by atoms with van der Waals surface area (Å²) in [5.74, 6) is -1.00. The van der Waals surface area contributed by atoms with Crippen molar-refractivity contribution >= 4 is 43.5 Å². The lowest BCUT2D eigenvalue weighted by atomic mass is 11.0. The van der Waals surface area contributed by atoms with E-state index in [4.69, 9.17) is 15.9 Å². The summed E-state index contributed by atoms with van der Waals surface area (Å²) < 4.78 is 4.60. The summed E-state index contributed by atoms with van der Waals surface area (Å²) in [6, 6.07) is 0. The Bertz CT molecular complexity index is 305. The SMILES string of the molecule is N#CN(C(N=O)=N[N+](=O)[O-])[S+](Cl)OBr. The average Bonchev–Trinajstić information content (AvgIpc) is 2.16. The standard InChI is InChI=1S/C2BrClN5O4S/c3-13-14(4)8(1-5)2(7-10)6-9(11)12/q+1. The van der Waals surface area contributed by atoms with Crippen molar-refractivity contribution in [1.82, 2.24) is 4.31 Å². The summed E-state index contributed by atoms with van der Waals surface area (Å²) in [6.45, 7) is 0. The topological polar surface area (TPSA) is 121 Å². The van der Waals surface area contributed by atoms with Crippen molar-refractivity contribution in [2.24, 2.45) is 10.3 Å². The Balaban J connectivity index is 4.90. The summed E-state index contributed by atoms with van der Waals surface area (Å²) in [5, 5.41) is 21.8. The molecule has 0 radical (unpaired) electrons. The van der Waals surface area contributed by atoms with Gasteiger partial charge in [0.15, 0.2) is 21.3 Å². The normalized spacial score (nSPS) is 12.8. The number of hydrogen-bond donors (Lipinski definition) is 0. The van der Waals surface area contributed by atoms with Crippen molar-refractivity contribution in [2.75, 3.05) is 0 Å². The van der Waals surface area contributed by atoms with Gasteiger partial charge in [-0.2, -0.15) is 5.26 Å². The third-order valence-corrected chi connectivity index (χ3v) is 3.17. The summed E-state index contributed by atoms with van der Waals surface area (Å²) >= 11 is 2.44. The minimum atomic E-state index is -1.73. The van der Waals surface area contributed by atoms with E-state index in [1.54, 1.807) is 0 Å². The van der Waals surface area contributed by atoms with Crippen LogP contribution in [0.4, 0.5) is 0 Å². The Morgan fingerprint density at radius 3 is 2.71 bits per heavy atom. The van der Waals surface area contributed by atoms with Gasteiger partial charge < -0.3 is 0 Å². The molecule has 0 aliphatic heterocycles. The molecule has 1 atom stereocenters. The lowest BCUT2D eigenvalue weighted by Gasteiger charge is -1.98. The van der Waals surface area contributed by atoms with Crippen LogP contribution in [0, 0.1) is 26.5 Å². The Morgan fingerprint density at radius 2 is 2.43 bits per heavy atom. The molecule has 0 N–H and O–H groups in total. The van der Waals surface area contributed by atoms with Gasteiger partial charge in [0, 0.05) is 9.48 Å². The highest BCUT2D eigenvalue weighted by Crippen LogP contribution is 2.15. The molecule has 14 heavy (non-hydrogen) atoms. The van der Waals surface area contributed by atoms with Crippen molar-refractivity contribution < 1.29 is 8.31 Å². The Morgan fingerprint density at radius 1 is 1.86 bits per heavy atom. The minimum Gasteiger partial charge on any atom is -0.233 e. The van der Waals surface area contributed by atoms with Crippen molar-refractivity contribution in [3.05, 3.63) is 15.0 Å². The number of rotatable bonds is 3. The molecule has 0 spiro atoms. The number of nitro groups is 1. The zero-order valence-corrected chi connectivity index (χ0v) is 9.19. The van der Waals surface area contributed by atoms with E-state index < -0.39 is 21.6 Å². The number of hydrazone groups is 1. The first-order chi connectivity index (χ1) is 6.56. The van der Waals surface area contributed by atoms with E-state index in [9.17, 15) is 15.0 Å². The number of halogens is 2. The van der Waals surface area contributed by atoms with Gasteiger partial charge in [-0.1, -0.05) is 0 Å². The van der Waals surface area contributed by atoms with Crippen LogP contribution in [0.1, 0.15) is 0 Å². The van der Waals surface area contributed by atoms with Crippen LogP contribution in [0.3, 0.4) is 0 Å². The summed E-state index contributed by atoms with van der Waals surface area (Å²) in [5.41, 5.74) is 0. The van der Waals surface area contributed by atoms with E-state index in [-0.39, 0.29) is 0 Å². The van der Waals surface area contributed by atoms with Crippen molar-refractivity contribution in [2.45, 2.75) is 0 Å². The Kier molecular flexibility index (Phi) is 6.04. The van der Waals surface area contributed by atoms with Crippen LogP contribution in [0.25, 0.3) is 0 Å². The van der Waals surface area contributed by atoms with Gasteiger partial charge in [-0.05, 0) is 3.27 Å². The van der Waals surface area contributed by atoms with Crippen LogP contribution in [0.5, 0.6) is 0 Å². The molecule has 0 rings (SSSR count). The van der Waals surface area contributed by atoms with Gasteiger partial charge in [0.1, 0.15) is 5.10 Å². The van der Waals surface area contributed by atoms with Crippen LogP contribution in [-0.4, -0.2) is 15.3 Å². The average molecular weight is 305 g/mol. The van der Waals surface area contributed by atoms with Crippen molar-refractivity contribution in [3.8, 4) is 6.19 Å². The maximum absolute atomic E-state index is 10.1. The first-order valence-corrected chi connectivity index (χ1v) is 5.10. The van der Waals surface area contributed by atoms with Gasteiger partial charge in [0.2, 0.25) is 6.19 Å². The first kappa shape index (κ1) is 13.0. The zero-order chi connectivity index (χ0) is 11.1. The van der Waals surface area contributed by atoms with Gasteiger partial charge in [0.25, 0.3) is 10.7 Å². The van der Waals surface area contributed by atoms with E-state index in [1.165, 1.54) is 6.19 Å². The van der Waals surface area contributed by atoms with Crippen molar-refractivity contribution in [3.63, 3.8) is 0 Å². The molecule has 9 nitrogen and oxygen atoms in total. The van der Waals surface area contributed by atoms with Crippen LogP contribution < -0.4 is 0 Å². The molecule has 0 bridgehead atoms. The van der Waals surface area contributed by atoms with E-state index in [2.05, 4.69) is 29.8 Å². The van der Waals surface area contributed by atoms with Gasteiger partial charge in [-0.3, -0.25) is 0 Å². The highest BCUT2D eigenvalue weighted by atomic mass is 79.9. The second-order valence-electron chi connectivity index (χ2n) is 1.39. The monoisotopic (exact) mass is 304 g/mol. The van der Waals surface area contributed by atoms with Crippen LogP contribution >= 0.6 is 26.9 Å². The fourth-order valence-corrected chi connectivity index (χ4v) is 1.29. The molecule has 0 aromatic rings. The summed E-state index contributed by atoms with van der Waals surface area (Å²) in [6.07, 6.45) is 1.34. The number of hydrogen-bond acceptors (Lipinski definition) is 5. The maximum atomic E-state index is 10.1. The lowest BCUT2D eigenvalue weighted by molar-refractivity contribution is -0.485. The van der Waals surface area contributed by atoms with E-state index in [0.717, 1.165) is 0 Å². The summed E-state index contributed by atoms with van der Waals surface area (Å²) in [7, 11) is 3.62. The molecule has 0 fully saturated rings. The third kappa shape index (κ3) is 3.83. The van der Waals surface area contributed by atoms with E-state index in [0.29, 0.717) is 4.31 Å². The fourth-order valence-electron chi connectivity index (χ4n) is 0.338. The molecule has 0 amide bonds. The largest absolute Gasteiger partial charge is 0.423 e. The number of guanidine groups is 1. The third-order valence-electron chi connectivity index (χ3n) is 0.721. The molecule has 0 aromatic heterocycles. The predicted octanol–water partition coefficient (Wildman–Crippen LogP) is 1.01. The molecule has 0 heterocycles. The lowest BCUT2D eigenvalue weighted by Crippen LogP contribution is -2.28. The quantitative estimate of drug-likeness (QED) is 0.112. The molecule has 0 aliphatic carbocycles. The molecular weight excluding hydrogens is 305 g/mol. The molecule has 0 saturated heterocycles. The highest BCUT2D eigenvalue weighted by Gasteiger charge is 2.38. The van der Waals surface area contributed by atoms with Crippen LogP contribution in [-0.2, 0) is 13.8 Å². The summed E-state index contributed by atoms with van der Waals surface area (Å²) in [4.78, 5) is 19.9.